The van der Waals surface area contributed by atoms with Crippen molar-refractivity contribution in [3.63, 3.8) is 0 Å². The summed E-state index contributed by atoms with van der Waals surface area (Å²) in [5.41, 5.74) is 20.2. The molecule has 0 N–H and O–H groups in total. The molecule has 0 radical (unpaired) electrons. The van der Waals surface area contributed by atoms with E-state index in [2.05, 4.69) is 308 Å². The summed E-state index contributed by atoms with van der Waals surface area (Å²) in [6.45, 7) is 4.65. The number of pyridine rings is 4. The molecule has 8 heteroatoms. The first kappa shape index (κ1) is 53.9. The molecule has 12 aromatic carbocycles. The Labute approximate surface area is 553 Å². The van der Waals surface area contributed by atoms with Crippen molar-refractivity contribution >= 4 is 150 Å². The fraction of sp³-hybridized carbons (Fsp3) is 0.0345. The first-order valence-electron chi connectivity index (χ1n) is 32.4. The van der Waals surface area contributed by atoms with Gasteiger partial charge < -0.3 is 0 Å². The van der Waals surface area contributed by atoms with Crippen LogP contribution in [0.25, 0.3) is 184 Å². The highest BCUT2D eigenvalue weighted by Crippen LogP contribution is 2.52. The second kappa shape index (κ2) is 20.7. The Morgan fingerprint density at radius 1 is 0.284 bits per heavy atom. The van der Waals surface area contributed by atoms with E-state index in [0.717, 1.165) is 67.3 Å². The van der Waals surface area contributed by atoms with E-state index in [9.17, 15) is 0 Å². The number of hydrogen-bond acceptors (Lipinski definition) is 6. The van der Waals surface area contributed by atoms with Crippen molar-refractivity contribution < 1.29 is 0 Å². The van der Waals surface area contributed by atoms with Crippen LogP contribution in [0.5, 0.6) is 0 Å². The highest BCUT2D eigenvalue weighted by atomic mass is 32.1. The quantitative estimate of drug-likeness (QED) is 0.172. The monoisotopic (exact) mass is 1250 g/mol. The van der Waals surface area contributed by atoms with E-state index in [1.54, 1.807) is 0 Å². The Bertz CT molecular complexity index is 6630. The van der Waals surface area contributed by atoms with Crippen molar-refractivity contribution in [2.45, 2.75) is 19.3 Å². The topological polar surface area (TPSA) is 61.4 Å². The van der Waals surface area contributed by atoms with Gasteiger partial charge in [-0.15, -0.1) is 22.7 Å². The molecule has 0 unspecified atom stereocenters. The van der Waals surface area contributed by atoms with Crippen LogP contribution >= 0.6 is 22.7 Å². The number of rotatable bonds is 5. The molecular weight excluding hydrogens is 1190 g/mol. The minimum Gasteiger partial charge on any atom is -0.292 e. The van der Waals surface area contributed by atoms with E-state index < -0.39 is 0 Å². The van der Waals surface area contributed by atoms with Crippen LogP contribution in [0, 0.1) is 0 Å². The summed E-state index contributed by atoms with van der Waals surface area (Å²) in [7, 11) is 0. The molecule has 1 aliphatic carbocycles. The van der Waals surface area contributed by atoms with E-state index in [4.69, 9.17) is 19.9 Å². The lowest BCUT2D eigenvalue weighted by Gasteiger charge is -2.21. The number of thiophene rings is 2. The van der Waals surface area contributed by atoms with Gasteiger partial charge in [-0.3, -0.25) is 9.13 Å². The van der Waals surface area contributed by atoms with Crippen LogP contribution in [-0.2, 0) is 5.41 Å². The first-order valence-corrected chi connectivity index (χ1v) is 34.0. The van der Waals surface area contributed by atoms with Crippen molar-refractivity contribution in [3.8, 4) is 56.4 Å². The average Bonchev–Trinajstić information content (AvgIpc) is 1.55. The highest BCUT2D eigenvalue weighted by molar-refractivity contribution is 7.27. The van der Waals surface area contributed by atoms with Gasteiger partial charge in [-0.25, -0.2) is 19.9 Å². The minimum atomic E-state index is -0.0529. The molecule has 6 nitrogen and oxygen atoms in total. The number of nitrogens with zero attached hydrogens (tertiary/aromatic N) is 6. The Morgan fingerprint density at radius 2 is 0.674 bits per heavy atom. The van der Waals surface area contributed by atoms with Crippen LogP contribution in [-0.4, -0.2) is 29.1 Å². The van der Waals surface area contributed by atoms with Gasteiger partial charge in [0.1, 0.15) is 11.6 Å². The maximum absolute atomic E-state index is 5.31. The SMILES string of the molecule is CC1(C)c2ccccc2-c2ccc(-c3ccc4nc(-n5c6ccccc6c6c7ccccc7c7c8ccccc8sc7c65)ccc4n3)cc21.c1ccc(-c2ccc(-c3ccc4nc(-n5c6ccccc6c6c7ccccc7c7c8ccccc8sc7c65)ccc4n3)cc2)cc1. The van der Waals surface area contributed by atoms with Gasteiger partial charge in [0.05, 0.1) is 64.9 Å². The van der Waals surface area contributed by atoms with E-state index >= 15 is 0 Å². The Morgan fingerprint density at radius 3 is 1.22 bits per heavy atom. The molecule has 0 spiro atoms. The van der Waals surface area contributed by atoms with Crippen LogP contribution < -0.4 is 0 Å². The summed E-state index contributed by atoms with van der Waals surface area (Å²) in [6, 6.07) is 104. The van der Waals surface area contributed by atoms with E-state index in [1.165, 1.54) is 128 Å². The molecular formula is C87H54N6S2. The van der Waals surface area contributed by atoms with Crippen molar-refractivity contribution in [1.82, 2.24) is 29.1 Å². The molecule has 444 valence electrons. The van der Waals surface area contributed by atoms with Gasteiger partial charge in [0.15, 0.2) is 0 Å². The molecule has 8 heterocycles. The lowest BCUT2D eigenvalue weighted by Crippen LogP contribution is -2.14. The second-order valence-corrected chi connectivity index (χ2v) is 27.6. The predicted molar refractivity (Wildman–Crippen MR) is 402 cm³/mol. The fourth-order valence-corrected chi connectivity index (χ4v) is 18.1. The summed E-state index contributed by atoms with van der Waals surface area (Å²) < 4.78 is 9.93. The first-order chi connectivity index (χ1) is 46.9. The van der Waals surface area contributed by atoms with Crippen molar-refractivity contribution in [1.29, 1.82) is 0 Å². The molecule has 8 aromatic heterocycles. The van der Waals surface area contributed by atoms with Gasteiger partial charge in [-0.1, -0.05) is 226 Å². The van der Waals surface area contributed by atoms with E-state index in [0.29, 0.717) is 0 Å². The van der Waals surface area contributed by atoms with Gasteiger partial charge in [0, 0.05) is 69.0 Å². The smallest absolute Gasteiger partial charge is 0.138 e. The van der Waals surface area contributed by atoms with Crippen LogP contribution in [0.15, 0.2) is 291 Å². The number of hydrogen-bond donors (Lipinski definition) is 0. The van der Waals surface area contributed by atoms with Crippen LogP contribution in [0.4, 0.5) is 0 Å². The van der Waals surface area contributed by atoms with Crippen molar-refractivity contribution in [2.75, 3.05) is 0 Å². The number of fused-ring (bicyclic) bond motifs is 25. The van der Waals surface area contributed by atoms with Gasteiger partial charge in [-0.2, -0.15) is 0 Å². The molecule has 0 bridgehead atoms. The summed E-state index contributed by atoms with van der Waals surface area (Å²) >= 11 is 3.75. The number of benzene rings is 12. The average molecular weight is 1250 g/mol. The molecule has 0 saturated heterocycles. The maximum Gasteiger partial charge on any atom is 0.138 e. The largest absolute Gasteiger partial charge is 0.292 e. The molecule has 95 heavy (non-hydrogen) atoms. The lowest BCUT2D eigenvalue weighted by molar-refractivity contribution is 0.660. The van der Waals surface area contributed by atoms with Crippen LogP contribution in [0.1, 0.15) is 25.0 Å². The zero-order chi connectivity index (χ0) is 62.6. The van der Waals surface area contributed by atoms with Gasteiger partial charge in [-0.05, 0) is 134 Å². The highest BCUT2D eigenvalue weighted by Gasteiger charge is 2.35. The van der Waals surface area contributed by atoms with E-state index in [1.807, 2.05) is 28.7 Å². The number of aromatic nitrogens is 6. The minimum absolute atomic E-state index is 0.0529. The molecule has 0 amide bonds. The zero-order valence-corrected chi connectivity index (χ0v) is 53.3. The molecule has 0 atom stereocenters. The predicted octanol–water partition coefficient (Wildman–Crippen LogP) is 23.8. The third-order valence-corrected chi connectivity index (χ3v) is 22.3. The zero-order valence-electron chi connectivity index (χ0n) is 51.7. The summed E-state index contributed by atoms with van der Waals surface area (Å²) in [4.78, 5) is 20.8. The normalized spacial score (nSPS) is 12.8. The van der Waals surface area contributed by atoms with Crippen molar-refractivity contribution in [3.05, 3.63) is 302 Å². The summed E-state index contributed by atoms with van der Waals surface area (Å²) in [5, 5.41) is 15.4. The molecule has 0 saturated carbocycles. The summed E-state index contributed by atoms with van der Waals surface area (Å²) in [5.74, 6) is 1.80. The maximum atomic E-state index is 5.31. The third-order valence-electron chi connectivity index (χ3n) is 20.0. The van der Waals surface area contributed by atoms with Crippen LogP contribution in [0.3, 0.4) is 0 Å². The molecule has 20 aromatic rings. The molecule has 0 aliphatic heterocycles. The van der Waals surface area contributed by atoms with Gasteiger partial charge in [0.2, 0.25) is 0 Å². The Balaban J connectivity index is 0.000000131. The molecule has 21 rings (SSSR count). The Hall–Kier alpha value is -11.7. The lowest BCUT2D eigenvalue weighted by atomic mass is 9.82. The third kappa shape index (κ3) is 8.08. The van der Waals surface area contributed by atoms with Gasteiger partial charge in [0.25, 0.3) is 0 Å². The standard InChI is InChI=1S/C45H29N3S.C42H25N3S/c1-45(2)33-16-8-5-11-27(33)28-20-19-26(25-34(28)45)35-21-22-37-36(46-35)23-24-40(47-37)48-38-17-9-6-14-31(38)41-29-12-3-4-13-30(29)42-32-15-7-10-18-39(32)49-44(42)43(41)48;1-2-10-26(11-3-1)27-18-20-28(21-19-27)33-22-23-35-34(43-33)24-25-38(44-35)45-36-16-8-6-14-31(36)39-29-12-4-5-13-30(29)40-32-15-7-9-17-37(32)46-42(40)41(39)45/h3-25H,1-2H3;1-25H. The van der Waals surface area contributed by atoms with Crippen molar-refractivity contribution in [2.24, 2.45) is 0 Å². The number of para-hydroxylation sites is 2. The summed E-state index contributed by atoms with van der Waals surface area (Å²) in [6.07, 6.45) is 0. The molecule has 1 aliphatic rings. The second-order valence-electron chi connectivity index (χ2n) is 25.5. The molecule has 0 fully saturated rings. The van der Waals surface area contributed by atoms with Gasteiger partial charge >= 0.3 is 0 Å². The van der Waals surface area contributed by atoms with E-state index in [-0.39, 0.29) is 5.41 Å². The van der Waals surface area contributed by atoms with Crippen LogP contribution in [0.2, 0.25) is 0 Å². The Kier molecular flexibility index (Phi) is 11.7. The fourth-order valence-electron chi connectivity index (χ4n) is 15.6.